The minimum absolute atomic E-state index is 0.0745. The zero-order valence-electron chi connectivity index (χ0n) is 16.1. The summed E-state index contributed by atoms with van der Waals surface area (Å²) in [5.41, 5.74) is 1.18. The molecule has 3 heterocycles. The number of rotatable bonds is 3. The lowest BCUT2D eigenvalue weighted by Crippen LogP contribution is -2.45. The van der Waals surface area contributed by atoms with Crippen LogP contribution in [0.15, 0.2) is 22.7 Å². The van der Waals surface area contributed by atoms with Crippen molar-refractivity contribution < 1.29 is 23.8 Å². The van der Waals surface area contributed by atoms with Crippen molar-refractivity contribution in [1.29, 1.82) is 5.26 Å². The van der Waals surface area contributed by atoms with Crippen LogP contribution in [0.1, 0.15) is 18.4 Å². The van der Waals surface area contributed by atoms with Crippen LogP contribution < -0.4 is 20.3 Å². The Morgan fingerprint density at radius 2 is 2.16 bits per heavy atom. The summed E-state index contributed by atoms with van der Waals surface area (Å²) in [6.07, 6.45) is 0.0616. The van der Waals surface area contributed by atoms with Crippen LogP contribution in [-0.4, -0.2) is 47.8 Å². The Hall–Kier alpha value is -3.39. The first kappa shape index (κ1) is 20.9. The van der Waals surface area contributed by atoms with Gasteiger partial charge in [0.1, 0.15) is 17.6 Å². The number of fused-ring (bicyclic) bond motifs is 1. The number of anilines is 2. The number of nitrogens with one attached hydrogen (secondary N) is 2. The molecule has 11 heteroatoms. The molecule has 1 fully saturated rings. The van der Waals surface area contributed by atoms with Gasteiger partial charge in [0.15, 0.2) is 18.2 Å². The molecule has 0 aliphatic carbocycles. The summed E-state index contributed by atoms with van der Waals surface area (Å²) in [5.74, 6) is -0.139. The molecule has 31 heavy (non-hydrogen) atoms. The van der Waals surface area contributed by atoms with Crippen molar-refractivity contribution in [1.82, 2.24) is 10.3 Å². The predicted molar refractivity (Wildman–Crippen MR) is 113 cm³/mol. The summed E-state index contributed by atoms with van der Waals surface area (Å²) in [4.78, 5) is 29.5. The van der Waals surface area contributed by atoms with Crippen molar-refractivity contribution in [2.24, 2.45) is 0 Å². The summed E-state index contributed by atoms with van der Waals surface area (Å²) in [5, 5.41) is 23.2. The van der Waals surface area contributed by atoms with Gasteiger partial charge in [-0.2, -0.15) is 5.26 Å². The summed E-state index contributed by atoms with van der Waals surface area (Å²) in [7, 11) is 0. The van der Waals surface area contributed by atoms with Gasteiger partial charge in [-0.05, 0) is 40.9 Å². The average molecular weight is 490 g/mol. The molecule has 0 saturated carbocycles. The lowest BCUT2D eigenvalue weighted by molar-refractivity contribution is -0.118. The van der Waals surface area contributed by atoms with Crippen LogP contribution in [0.4, 0.5) is 20.7 Å². The zero-order chi connectivity index (χ0) is 22.1. The van der Waals surface area contributed by atoms with E-state index >= 15 is 0 Å². The molecular formula is C20H17BrFN5O4. The highest BCUT2D eigenvalue weighted by molar-refractivity contribution is 9.10. The molecular weight excluding hydrogens is 473 g/mol. The van der Waals surface area contributed by atoms with Crippen LogP contribution in [0.25, 0.3) is 11.3 Å². The highest BCUT2D eigenvalue weighted by Crippen LogP contribution is 2.46. The molecule has 2 aliphatic rings. The van der Waals surface area contributed by atoms with Gasteiger partial charge in [-0.1, -0.05) is 6.07 Å². The number of aromatic nitrogens is 1. The standard InChI is InChI=1S/C20H17BrFN5O4/c21-15-16(10-1-2-11(8-23)13(22)7-10)26-19(17-18(15)31-9-14(28)25-17)27-5-3-12(4-6-27)24-20(29)30/h1-2,7,12,24H,3-6,9H2,(H,25,28)(H,29,30). The Balaban J connectivity index is 1.75. The van der Waals surface area contributed by atoms with Crippen LogP contribution in [0.5, 0.6) is 5.75 Å². The van der Waals surface area contributed by atoms with Crippen LogP contribution in [-0.2, 0) is 4.79 Å². The van der Waals surface area contributed by atoms with Gasteiger partial charge < -0.3 is 25.4 Å². The normalized spacial score (nSPS) is 16.0. The Morgan fingerprint density at radius 3 is 2.81 bits per heavy atom. The van der Waals surface area contributed by atoms with Gasteiger partial charge in [0.25, 0.3) is 5.91 Å². The summed E-state index contributed by atoms with van der Waals surface area (Å²) in [6, 6.07) is 5.82. The van der Waals surface area contributed by atoms with E-state index in [2.05, 4.69) is 26.6 Å². The van der Waals surface area contributed by atoms with E-state index < -0.39 is 11.9 Å². The molecule has 9 nitrogen and oxygen atoms in total. The monoisotopic (exact) mass is 489 g/mol. The molecule has 1 aromatic heterocycles. The van der Waals surface area contributed by atoms with Gasteiger partial charge in [0, 0.05) is 24.7 Å². The molecule has 1 aromatic carbocycles. The van der Waals surface area contributed by atoms with E-state index in [1.165, 1.54) is 12.1 Å². The average Bonchev–Trinajstić information content (AvgIpc) is 2.74. The van der Waals surface area contributed by atoms with E-state index in [0.717, 1.165) is 0 Å². The maximum absolute atomic E-state index is 14.2. The van der Waals surface area contributed by atoms with Gasteiger partial charge in [0.2, 0.25) is 0 Å². The number of carbonyl (C=O) groups is 2. The second-order valence-electron chi connectivity index (χ2n) is 7.16. The number of carbonyl (C=O) groups excluding carboxylic acids is 1. The number of amides is 2. The van der Waals surface area contributed by atoms with Crippen molar-refractivity contribution in [3.05, 3.63) is 34.1 Å². The number of hydrogen-bond donors (Lipinski definition) is 3. The topological polar surface area (TPSA) is 128 Å². The zero-order valence-corrected chi connectivity index (χ0v) is 17.7. The van der Waals surface area contributed by atoms with Crippen molar-refractivity contribution in [3.8, 4) is 23.1 Å². The number of hydrogen-bond acceptors (Lipinski definition) is 6. The van der Waals surface area contributed by atoms with Crippen LogP contribution in [0.2, 0.25) is 0 Å². The molecule has 160 valence electrons. The number of halogens is 2. The maximum atomic E-state index is 14.2. The van der Waals surface area contributed by atoms with Crippen LogP contribution in [0, 0.1) is 17.1 Å². The molecule has 0 unspecified atom stereocenters. The van der Waals surface area contributed by atoms with Gasteiger partial charge in [0.05, 0.1) is 15.7 Å². The van der Waals surface area contributed by atoms with Crippen molar-refractivity contribution in [2.75, 3.05) is 29.9 Å². The molecule has 0 atom stereocenters. The SMILES string of the molecule is N#Cc1ccc(-c2nc(N3CCC(NC(=O)O)CC3)c3c(c2Br)OCC(=O)N3)cc1F. The second-order valence-corrected chi connectivity index (χ2v) is 7.95. The van der Waals surface area contributed by atoms with E-state index in [0.29, 0.717) is 58.9 Å². The van der Waals surface area contributed by atoms with E-state index in [-0.39, 0.29) is 24.1 Å². The smallest absolute Gasteiger partial charge is 0.404 e. The lowest BCUT2D eigenvalue weighted by Gasteiger charge is -2.35. The number of nitriles is 1. The number of carboxylic acid groups (broad SMARTS) is 1. The third-order valence-electron chi connectivity index (χ3n) is 5.17. The summed E-state index contributed by atoms with van der Waals surface area (Å²) >= 11 is 3.46. The number of pyridine rings is 1. The quantitative estimate of drug-likeness (QED) is 0.604. The summed E-state index contributed by atoms with van der Waals surface area (Å²) < 4.78 is 20.3. The fourth-order valence-corrected chi connectivity index (χ4v) is 4.30. The molecule has 2 amide bonds. The number of piperidine rings is 1. The van der Waals surface area contributed by atoms with Crippen LogP contribution >= 0.6 is 15.9 Å². The van der Waals surface area contributed by atoms with Crippen molar-refractivity contribution in [3.63, 3.8) is 0 Å². The first-order valence-electron chi connectivity index (χ1n) is 9.48. The van der Waals surface area contributed by atoms with Crippen LogP contribution in [0.3, 0.4) is 0 Å². The van der Waals surface area contributed by atoms with Gasteiger partial charge in [-0.3, -0.25) is 4.79 Å². The molecule has 1 saturated heterocycles. The number of ether oxygens (including phenoxy) is 1. The van der Waals surface area contributed by atoms with E-state index in [1.807, 2.05) is 4.90 Å². The predicted octanol–water partition coefficient (Wildman–Crippen LogP) is 3.09. The third-order valence-corrected chi connectivity index (χ3v) is 5.91. The minimum atomic E-state index is -1.07. The maximum Gasteiger partial charge on any atom is 0.404 e. The Kier molecular flexibility index (Phi) is 5.65. The van der Waals surface area contributed by atoms with E-state index in [4.69, 9.17) is 20.1 Å². The van der Waals surface area contributed by atoms with Gasteiger partial charge in [-0.15, -0.1) is 0 Å². The Labute approximate surface area is 184 Å². The number of nitrogens with zero attached hydrogens (tertiary/aromatic N) is 3. The molecule has 2 aliphatic heterocycles. The molecule has 0 radical (unpaired) electrons. The van der Waals surface area contributed by atoms with E-state index in [9.17, 15) is 14.0 Å². The Bertz CT molecular complexity index is 1110. The number of benzene rings is 1. The first-order chi connectivity index (χ1) is 14.9. The van der Waals surface area contributed by atoms with Gasteiger partial charge in [-0.25, -0.2) is 14.2 Å². The first-order valence-corrected chi connectivity index (χ1v) is 10.3. The molecule has 3 N–H and O–H groups in total. The highest BCUT2D eigenvalue weighted by atomic mass is 79.9. The molecule has 0 bridgehead atoms. The van der Waals surface area contributed by atoms with E-state index in [1.54, 1.807) is 12.1 Å². The Morgan fingerprint density at radius 1 is 1.42 bits per heavy atom. The highest BCUT2D eigenvalue weighted by Gasteiger charge is 2.31. The molecule has 0 spiro atoms. The summed E-state index contributed by atoms with van der Waals surface area (Å²) in [6.45, 7) is 0.840. The lowest BCUT2D eigenvalue weighted by atomic mass is 10.0. The minimum Gasteiger partial charge on any atom is -0.480 e. The fraction of sp³-hybridized carbons (Fsp3) is 0.300. The van der Waals surface area contributed by atoms with Crippen molar-refractivity contribution in [2.45, 2.75) is 18.9 Å². The van der Waals surface area contributed by atoms with Crippen molar-refractivity contribution >= 4 is 39.4 Å². The molecule has 2 aromatic rings. The fourth-order valence-electron chi connectivity index (χ4n) is 3.67. The third kappa shape index (κ3) is 4.11. The second kappa shape index (κ2) is 8.39. The van der Waals surface area contributed by atoms with Gasteiger partial charge >= 0.3 is 6.09 Å². The molecule has 4 rings (SSSR count). The largest absolute Gasteiger partial charge is 0.480 e.